The summed E-state index contributed by atoms with van der Waals surface area (Å²) < 4.78 is 16.1. The lowest BCUT2D eigenvalue weighted by Crippen LogP contribution is -2.39. The highest BCUT2D eigenvalue weighted by Crippen LogP contribution is 2.35. The van der Waals surface area contributed by atoms with Crippen LogP contribution in [0.25, 0.3) is 0 Å². The molecule has 7 nitrogen and oxygen atoms in total. The molecule has 0 saturated carbocycles. The number of amides is 2. The highest BCUT2D eigenvalue weighted by molar-refractivity contribution is 6.05. The number of ether oxygens (including phenoxy) is 3. The van der Waals surface area contributed by atoms with Crippen molar-refractivity contribution in [3.05, 3.63) is 42.0 Å². The Labute approximate surface area is 150 Å². The minimum Gasteiger partial charge on any atom is -0.481 e. The SMILES string of the molecule is CCCN1C(=O)COc2cc(NC(=O)c3ccc4c(c3)OCO4)ccc21. The van der Waals surface area contributed by atoms with Crippen LogP contribution < -0.4 is 24.4 Å². The Morgan fingerprint density at radius 2 is 1.92 bits per heavy atom. The lowest BCUT2D eigenvalue weighted by Gasteiger charge is -2.29. The second-order valence-electron chi connectivity index (χ2n) is 6.04. The highest BCUT2D eigenvalue weighted by Gasteiger charge is 2.25. The van der Waals surface area contributed by atoms with Crippen LogP contribution in [0.1, 0.15) is 23.7 Å². The molecule has 2 aromatic carbocycles. The molecule has 0 aromatic heterocycles. The molecule has 0 saturated heterocycles. The summed E-state index contributed by atoms with van der Waals surface area (Å²) in [5.74, 6) is 1.45. The van der Waals surface area contributed by atoms with E-state index >= 15 is 0 Å². The fraction of sp³-hybridized carbons (Fsp3) is 0.263. The first-order valence-corrected chi connectivity index (χ1v) is 8.44. The molecule has 1 N–H and O–H groups in total. The van der Waals surface area contributed by atoms with Crippen LogP contribution in [0.5, 0.6) is 17.2 Å². The minimum atomic E-state index is -0.263. The quantitative estimate of drug-likeness (QED) is 0.914. The van der Waals surface area contributed by atoms with E-state index in [4.69, 9.17) is 14.2 Å². The van der Waals surface area contributed by atoms with Gasteiger partial charge in [0.25, 0.3) is 11.8 Å². The van der Waals surface area contributed by atoms with Crippen molar-refractivity contribution in [2.75, 3.05) is 30.2 Å². The summed E-state index contributed by atoms with van der Waals surface area (Å²) in [5.41, 5.74) is 1.79. The number of hydrogen-bond acceptors (Lipinski definition) is 5. The van der Waals surface area contributed by atoms with Crippen LogP contribution >= 0.6 is 0 Å². The molecule has 2 heterocycles. The fourth-order valence-corrected chi connectivity index (χ4v) is 2.99. The Morgan fingerprint density at radius 3 is 2.77 bits per heavy atom. The number of rotatable bonds is 4. The third-order valence-corrected chi connectivity index (χ3v) is 4.24. The van der Waals surface area contributed by atoms with Crippen molar-refractivity contribution in [1.82, 2.24) is 0 Å². The first-order valence-electron chi connectivity index (χ1n) is 8.44. The van der Waals surface area contributed by atoms with E-state index in [1.165, 1.54) is 0 Å². The monoisotopic (exact) mass is 354 g/mol. The van der Waals surface area contributed by atoms with Gasteiger partial charge in [-0.3, -0.25) is 9.59 Å². The third kappa shape index (κ3) is 2.92. The average molecular weight is 354 g/mol. The number of carbonyl (C=O) groups excluding carboxylic acids is 2. The van der Waals surface area contributed by atoms with Crippen LogP contribution in [0.2, 0.25) is 0 Å². The Balaban J connectivity index is 1.54. The van der Waals surface area contributed by atoms with Crippen LogP contribution in [0, 0.1) is 0 Å². The lowest BCUT2D eigenvalue weighted by atomic mass is 10.1. The van der Waals surface area contributed by atoms with E-state index in [0.29, 0.717) is 35.0 Å². The van der Waals surface area contributed by atoms with E-state index in [-0.39, 0.29) is 25.2 Å². The maximum atomic E-state index is 12.5. The second kappa shape index (κ2) is 6.59. The summed E-state index contributed by atoms with van der Waals surface area (Å²) in [5, 5.41) is 2.84. The van der Waals surface area contributed by atoms with Gasteiger partial charge in [-0.1, -0.05) is 6.92 Å². The molecule has 134 valence electrons. The molecule has 0 atom stereocenters. The molecule has 7 heteroatoms. The van der Waals surface area contributed by atoms with Gasteiger partial charge in [0.05, 0.1) is 5.69 Å². The molecule has 2 amide bonds. The van der Waals surface area contributed by atoms with Gasteiger partial charge in [-0.15, -0.1) is 0 Å². The van der Waals surface area contributed by atoms with Gasteiger partial charge in [-0.05, 0) is 36.8 Å². The predicted molar refractivity (Wildman–Crippen MR) is 95.1 cm³/mol. The molecule has 2 aliphatic heterocycles. The molecule has 26 heavy (non-hydrogen) atoms. The molecule has 0 unspecified atom stereocenters. The van der Waals surface area contributed by atoms with Gasteiger partial charge < -0.3 is 24.4 Å². The Hall–Kier alpha value is -3.22. The van der Waals surface area contributed by atoms with Crippen LogP contribution in [0.3, 0.4) is 0 Å². The topological polar surface area (TPSA) is 77.1 Å². The first kappa shape index (κ1) is 16.3. The van der Waals surface area contributed by atoms with Gasteiger partial charge in [-0.2, -0.15) is 0 Å². The first-order chi connectivity index (χ1) is 12.7. The maximum absolute atomic E-state index is 12.5. The zero-order valence-corrected chi connectivity index (χ0v) is 14.3. The number of hydrogen-bond donors (Lipinski definition) is 1. The molecule has 4 rings (SSSR count). The molecule has 0 aliphatic carbocycles. The third-order valence-electron chi connectivity index (χ3n) is 4.24. The summed E-state index contributed by atoms with van der Waals surface area (Å²) in [6, 6.07) is 10.3. The van der Waals surface area contributed by atoms with Crippen LogP contribution in [0.4, 0.5) is 11.4 Å². The number of carbonyl (C=O) groups is 2. The maximum Gasteiger partial charge on any atom is 0.265 e. The largest absolute Gasteiger partial charge is 0.481 e. The van der Waals surface area contributed by atoms with E-state index in [1.807, 2.05) is 6.92 Å². The number of anilines is 2. The van der Waals surface area contributed by atoms with Crippen molar-refractivity contribution in [2.24, 2.45) is 0 Å². The van der Waals surface area contributed by atoms with Gasteiger partial charge in [0.1, 0.15) is 5.75 Å². The Kier molecular flexibility index (Phi) is 4.12. The number of nitrogens with zero attached hydrogens (tertiary/aromatic N) is 1. The van der Waals surface area contributed by atoms with Crippen molar-refractivity contribution in [3.8, 4) is 17.2 Å². The van der Waals surface area contributed by atoms with E-state index < -0.39 is 0 Å². The normalized spacial score (nSPS) is 14.7. The van der Waals surface area contributed by atoms with Crippen molar-refractivity contribution in [1.29, 1.82) is 0 Å². The molecular formula is C19H18N2O5. The van der Waals surface area contributed by atoms with Crippen LogP contribution in [-0.2, 0) is 4.79 Å². The molecular weight excluding hydrogens is 336 g/mol. The van der Waals surface area contributed by atoms with Crippen molar-refractivity contribution in [2.45, 2.75) is 13.3 Å². The van der Waals surface area contributed by atoms with E-state index in [9.17, 15) is 9.59 Å². The smallest absolute Gasteiger partial charge is 0.265 e. The molecule has 2 aromatic rings. The standard InChI is InChI=1S/C19H18N2O5/c1-2-7-21-14-5-4-13(9-16(14)24-10-18(21)22)20-19(23)12-3-6-15-17(8-12)26-11-25-15/h3-6,8-9H,2,7,10-11H2,1H3,(H,20,23). The van der Waals surface area contributed by atoms with E-state index in [2.05, 4.69) is 5.32 Å². The average Bonchev–Trinajstić information content (AvgIpc) is 3.12. The molecule has 0 radical (unpaired) electrons. The van der Waals surface area contributed by atoms with Gasteiger partial charge in [0.2, 0.25) is 6.79 Å². The van der Waals surface area contributed by atoms with Crippen molar-refractivity contribution in [3.63, 3.8) is 0 Å². The van der Waals surface area contributed by atoms with Crippen LogP contribution in [-0.4, -0.2) is 31.8 Å². The zero-order chi connectivity index (χ0) is 18.1. The van der Waals surface area contributed by atoms with Gasteiger partial charge >= 0.3 is 0 Å². The summed E-state index contributed by atoms with van der Waals surface area (Å²) in [6.45, 7) is 2.82. The van der Waals surface area contributed by atoms with Gasteiger partial charge in [0, 0.05) is 23.9 Å². The van der Waals surface area contributed by atoms with Gasteiger partial charge in [-0.25, -0.2) is 0 Å². The Bertz CT molecular complexity index is 880. The van der Waals surface area contributed by atoms with E-state index in [0.717, 1.165) is 12.1 Å². The summed E-state index contributed by atoms with van der Waals surface area (Å²) in [7, 11) is 0. The second-order valence-corrected chi connectivity index (χ2v) is 6.04. The van der Waals surface area contributed by atoms with Gasteiger partial charge in [0.15, 0.2) is 18.1 Å². The van der Waals surface area contributed by atoms with E-state index in [1.54, 1.807) is 41.3 Å². The summed E-state index contributed by atoms with van der Waals surface area (Å²) in [4.78, 5) is 26.2. The molecule has 0 bridgehead atoms. The predicted octanol–water partition coefficient (Wildman–Crippen LogP) is 2.80. The molecule has 2 aliphatic rings. The number of benzene rings is 2. The fourth-order valence-electron chi connectivity index (χ4n) is 2.99. The minimum absolute atomic E-state index is 0.00651. The summed E-state index contributed by atoms with van der Waals surface area (Å²) >= 11 is 0. The number of fused-ring (bicyclic) bond motifs is 2. The molecule has 0 spiro atoms. The Morgan fingerprint density at radius 1 is 1.08 bits per heavy atom. The highest BCUT2D eigenvalue weighted by atomic mass is 16.7. The summed E-state index contributed by atoms with van der Waals surface area (Å²) in [6.07, 6.45) is 0.855. The van der Waals surface area contributed by atoms with Crippen molar-refractivity contribution >= 4 is 23.2 Å². The number of nitrogens with one attached hydrogen (secondary N) is 1. The zero-order valence-electron chi connectivity index (χ0n) is 14.3. The molecule has 0 fully saturated rings. The van der Waals surface area contributed by atoms with Crippen molar-refractivity contribution < 1.29 is 23.8 Å². The van der Waals surface area contributed by atoms with Crippen LogP contribution in [0.15, 0.2) is 36.4 Å². The lowest BCUT2D eigenvalue weighted by molar-refractivity contribution is -0.121.